The zero-order valence-corrected chi connectivity index (χ0v) is 12.5. The molecule has 0 bridgehead atoms. The third-order valence-corrected chi connectivity index (χ3v) is 4.23. The molecule has 1 aromatic carbocycles. The molecule has 1 aliphatic rings. The summed E-state index contributed by atoms with van der Waals surface area (Å²) in [7, 11) is 0. The predicted molar refractivity (Wildman–Crippen MR) is 81.1 cm³/mol. The van der Waals surface area contributed by atoms with Crippen molar-refractivity contribution in [2.75, 3.05) is 6.61 Å². The van der Waals surface area contributed by atoms with Crippen LogP contribution in [-0.4, -0.2) is 28.6 Å². The van der Waals surface area contributed by atoms with E-state index in [1.807, 2.05) is 0 Å². The number of pyridine rings is 1. The average molecular weight is 321 g/mol. The summed E-state index contributed by atoms with van der Waals surface area (Å²) in [6.07, 6.45) is 2.02. The number of carbonyl (C=O) groups is 1. The fourth-order valence-corrected chi connectivity index (χ4v) is 2.84. The number of carboxylic acids is 1. The zero-order chi connectivity index (χ0) is 16.4. The Morgan fingerprint density at radius 3 is 2.78 bits per heavy atom. The number of fused-ring (bicyclic) bond motifs is 1. The molecule has 3 rings (SSSR count). The Balaban J connectivity index is 1.72. The maximum Gasteiger partial charge on any atom is 0.337 e. The van der Waals surface area contributed by atoms with Crippen molar-refractivity contribution in [3.05, 3.63) is 36.0 Å². The molecule has 0 atom stereocenters. The highest BCUT2D eigenvalue weighted by Gasteiger charge is 2.35. The summed E-state index contributed by atoms with van der Waals surface area (Å²) in [5.41, 5.74) is 0.697. The molecular formula is C17H17F2NO3. The first-order chi connectivity index (χ1) is 10.9. The van der Waals surface area contributed by atoms with Crippen molar-refractivity contribution in [3.63, 3.8) is 0 Å². The van der Waals surface area contributed by atoms with E-state index < -0.39 is 11.9 Å². The molecule has 122 valence electrons. The van der Waals surface area contributed by atoms with Crippen molar-refractivity contribution in [1.29, 1.82) is 0 Å². The van der Waals surface area contributed by atoms with Gasteiger partial charge in [-0.3, -0.25) is 4.98 Å². The van der Waals surface area contributed by atoms with Crippen LogP contribution in [-0.2, 0) is 0 Å². The Morgan fingerprint density at radius 2 is 2.09 bits per heavy atom. The lowest BCUT2D eigenvalue weighted by Gasteiger charge is -2.28. The Bertz CT molecular complexity index is 723. The van der Waals surface area contributed by atoms with Crippen molar-refractivity contribution in [1.82, 2.24) is 4.98 Å². The quantitative estimate of drug-likeness (QED) is 0.919. The number of nitrogens with zero attached hydrogens (tertiary/aromatic N) is 1. The van der Waals surface area contributed by atoms with Crippen molar-refractivity contribution in [2.45, 2.75) is 31.6 Å². The van der Waals surface area contributed by atoms with Crippen LogP contribution < -0.4 is 4.74 Å². The summed E-state index contributed by atoms with van der Waals surface area (Å²) in [5.74, 6) is -2.90. The van der Waals surface area contributed by atoms with Crippen molar-refractivity contribution in [3.8, 4) is 5.75 Å². The van der Waals surface area contributed by atoms with Gasteiger partial charge in [0.15, 0.2) is 0 Å². The summed E-state index contributed by atoms with van der Waals surface area (Å²) in [6.45, 7) is 0.373. The molecule has 0 radical (unpaired) electrons. The Morgan fingerprint density at radius 1 is 1.35 bits per heavy atom. The highest BCUT2D eigenvalue weighted by atomic mass is 19.3. The number of hydrogen-bond acceptors (Lipinski definition) is 3. The van der Waals surface area contributed by atoms with Crippen LogP contribution in [0.15, 0.2) is 30.5 Å². The minimum Gasteiger partial charge on any atom is -0.491 e. The molecule has 2 aromatic rings. The van der Waals surface area contributed by atoms with Gasteiger partial charge < -0.3 is 9.84 Å². The van der Waals surface area contributed by atoms with E-state index in [9.17, 15) is 13.6 Å². The van der Waals surface area contributed by atoms with Crippen LogP contribution in [0.1, 0.15) is 36.0 Å². The number of hydrogen-bond donors (Lipinski definition) is 1. The fourth-order valence-electron chi connectivity index (χ4n) is 2.84. The van der Waals surface area contributed by atoms with Crippen LogP contribution in [0.3, 0.4) is 0 Å². The second kappa shape index (κ2) is 6.10. The summed E-state index contributed by atoms with van der Waals surface area (Å²) >= 11 is 0. The molecular weight excluding hydrogens is 304 g/mol. The largest absolute Gasteiger partial charge is 0.491 e. The highest BCUT2D eigenvalue weighted by Crippen LogP contribution is 2.36. The van der Waals surface area contributed by atoms with Crippen molar-refractivity contribution in [2.24, 2.45) is 5.92 Å². The van der Waals surface area contributed by atoms with Gasteiger partial charge >= 0.3 is 5.97 Å². The van der Waals surface area contributed by atoms with Crippen molar-refractivity contribution >= 4 is 16.9 Å². The molecule has 0 unspecified atom stereocenters. The van der Waals surface area contributed by atoms with Gasteiger partial charge in [0.2, 0.25) is 5.92 Å². The van der Waals surface area contributed by atoms with E-state index in [4.69, 9.17) is 9.84 Å². The molecule has 1 aromatic heterocycles. The second-order valence-corrected chi connectivity index (χ2v) is 5.97. The van der Waals surface area contributed by atoms with E-state index in [0.717, 1.165) is 0 Å². The first-order valence-electron chi connectivity index (χ1n) is 7.57. The number of carboxylic acid groups (broad SMARTS) is 1. The second-order valence-electron chi connectivity index (χ2n) is 5.97. The van der Waals surface area contributed by atoms with Crippen LogP contribution in [0.5, 0.6) is 5.75 Å². The minimum absolute atomic E-state index is 0.0865. The van der Waals surface area contributed by atoms with E-state index in [1.54, 1.807) is 24.3 Å². The molecule has 1 heterocycles. The molecule has 6 heteroatoms. The van der Waals surface area contributed by atoms with Crippen LogP contribution in [0.2, 0.25) is 0 Å². The lowest BCUT2D eigenvalue weighted by atomic mass is 9.87. The zero-order valence-electron chi connectivity index (χ0n) is 12.5. The summed E-state index contributed by atoms with van der Waals surface area (Å²) in [5, 5.41) is 9.68. The van der Waals surface area contributed by atoms with Gasteiger partial charge in [-0.05, 0) is 30.9 Å². The molecule has 1 fully saturated rings. The number of para-hydroxylation sites is 1. The maximum atomic E-state index is 13.2. The van der Waals surface area contributed by atoms with Crippen LogP contribution >= 0.6 is 0 Å². The normalized spacial score (nSPS) is 18.0. The molecule has 0 aliphatic heterocycles. The van der Waals surface area contributed by atoms with Crippen LogP contribution in [0.4, 0.5) is 8.78 Å². The monoisotopic (exact) mass is 321 g/mol. The third kappa shape index (κ3) is 3.57. The minimum atomic E-state index is -2.54. The number of rotatable bonds is 4. The number of aromatic carboxylic acids is 1. The van der Waals surface area contributed by atoms with Gasteiger partial charge in [0, 0.05) is 24.4 Å². The summed E-state index contributed by atoms with van der Waals surface area (Å²) in [4.78, 5) is 15.1. The van der Waals surface area contributed by atoms with Gasteiger partial charge in [-0.25, -0.2) is 13.6 Å². The average Bonchev–Trinajstić information content (AvgIpc) is 2.53. The van der Waals surface area contributed by atoms with Crippen molar-refractivity contribution < 1.29 is 23.4 Å². The molecule has 1 N–H and O–H groups in total. The fraction of sp³-hybridized carbons (Fsp3) is 0.412. The smallest absolute Gasteiger partial charge is 0.337 e. The summed E-state index contributed by atoms with van der Waals surface area (Å²) in [6, 6.07) is 6.83. The highest BCUT2D eigenvalue weighted by molar-refractivity contribution is 5.93. The van der Waals surface area contributed by atoms with E-state index in [2.05, 4.69) is 4.98 Å². The van der Waals surface area contributed by atoms with Gasteiger partial charge in [0.1, 0.15) is 11.3 Å². The first kappa shape index (κ1) is 15.6. The molecule has 0 spiro atoms. The SMILES string of the molecule is O=C(O)c1cnc2c(OCC3CCC(F)(F)CC3)cccc2c1. The van der Waals surface area contributed by atoms with E-state index in [-0.39, 0.29) is 24.3 Å². The van der Waals surface area contributed by atoms with Gasteiger partial charge in [0.25, 0.3) is 0 Å². The van der Waals surface area contributed by atoms with E-state index >= 15 is 0 Å². The van der Waals surface area contributed by atoms with E-state index in [0.29, 0.717) is 36.1 Å². The number of halogens is 2. The Kier molecular flexibility index (Phi) is 4.15. The van der Waals surface area contributed by atoms with Gasteiger partial charge in [-0.15, -0.1) is 0 Å². The third-order valence-electron chi connectivity index (χ3n) is 4.23. The lowest BCUT2D eigenvalue weighted by molar-refractivity contribution is -0.0498. The topological polar surface area (TPSA) is 59.4 Å². The number of alkyl halides is 2. The number of benzene rings is 1. The summed E-state index contributed by atoms with van der Waals surface area (Å²) < 4.78 is 32.1. The van der Waals surface area contributed by atoms with E-state index in [1.165, 1.54) is 6.20 Å². The molecule has 1 saturated carbocycles. The molecule has 4 nitrogen and oxygen atoms in total. The molecule has 0 saturated heterocycles. The predicted octanol–water partition coefficient (Wildman–Crippen LogP) is 4.14. The lowest BCUT2D eigenvalue weighted by Crippen LogP contribution is -2.27. The van der Waals surface area contributed by atoms with Crippen LogP contribution in [0.25, 0.3) is 10.9 Å². The van der Waals surface area contributed by atoms with Gasteiger partial charge in [-0.1, -0.05) is 12.1 Å². The molecule has 23 heavy (non-hydrogen) atoms. The Labute approximate surface area is 132 Å². The number of aromatic nitrogens is 1. The Hall–Kier alpha value is -2.24. The standard InChI is InChI=1S/C17H17F2NO3/c18-17(19)6-4-11(5-7-17)10-23-14-3-1-2-12-8-13(16(21)22)9-20-15(12)14/h1-3,8-9,11H,4-7,10H2,(H,21,22). The van der Waals surface area contributed by atoms with Crippen LogP contribution in [0, 0.1) is 5.92 Å². The first-order valence-corrected chi connectivity index (χ1v) is 7.57. The number of ether oxygens (including phenoxy) is 1. The molecule has 1 aliphatic carbocycles. The van der Waals surface area contributed by atoms with Gasteiger partial charge in [-0.2, -0.15) is 0 Å². The molecule has 0 amide bonds. The van der Waals surface area contributed by atoms with Gasteiger partial charge in [0.05, 0.1) is 12.2 Å². The maximum absolute atomic E-state index is 13.2.